The Kier molecular flexibility index (Phi) is 6.38. The van der Waals surface area contributed by atoms with Crippen LogP contribution in [0.5, 0.6) is 0 Å². The second kappa shape index (κ2) is 7.56. The maximum atomic E-state index is 11.4. The summed E-state index contributed by atoms with van der Waals surface area (Å²) in [5.41, 5.74) is 1.18. The standard InChI is InChI=1S/C12H23N3O2S/c1-3-7-15-8-5-12(11-15)10-13-6-9-18(16,17)14-4-2/h5,8,11,13-14H,3-4,6-7,9-10H2,1-2H3. The van der Waals surface area contributed by atoms with Crippen LogP contribution in [0.15, 0.2) is 18.5 Å². The van der Waals surface area contributed by atoms with E-state index in [-0.39, 0.29) is 5.75 Å². The molecule has 1 rings (SSSR count). The molecule has 0 atom stereocenters. The highest BCUT2D eigenvalue weighted by atomic mass is 32.2. The van der Waals surface area contributed by atoms with E-state index in [0.29, 0.717) is 19.6 Å². The van der Waals surface area contributed by atoms with Crippen LogP contribution < -0.4 is 10.0 Å². The van der Waals surface area contributed by atoms with Crippen LogP contribution >= 0.6 is 0 Å². The Morgan fingerprint density at radius 2 is 2.11 bits per heavy atom. The molecule has 0 bridgehead atoms. The predicted octanol–water partition coefficient (Wildman–Crippen LogP) is 0.927. The van der Waals surface area contributed by atoms with Crippen molar-refractivity contribution in [2.24, 2.45) is 0 Å². The average Bonchev–Trinajstić information content (AvgIpc) is 2.73. The second-order valence-corrected chi connectivity index (χ2v) is 6.18. The average molecular weight is 273 g/mol. The first-order valence-electron chi connectivity index (χ1n) is 6.40. The second-order valence-electron chi connectivity index (χ2n) is 4.25. The van der Waals surface area contributed by atoms with Gasteiger partial charge in [-0.3, -0.25) is 0 Å². The summed E-state index contributed by atoms with van der Waals surface area (Å²) < 4.78 is 27.4. The van der Waals surface area contributed by atoms with Crippen molar-refractivity contribution in [2.75, 3.05) is 18.8 Å². The Morgan fingerprint density at radius 3 is 2.78 bits per heavy atom. The number of sulfonamides is 1. The van der Waals surface area contributed by atoms with E-state index in [1.54, 1.807) is 6.92 Å². The molecule has 0 fully saturated rings. The predicted molar refractivity (Wildman–Crippen MR) is 73.9 cm³/mol. The first kappa shape index (κ1) is 15.2. The van der Waals surface area contributed by atoms with Crippen molar-refractivity contribution in [3.63, 3.8) is 0 Å². The number of aromatic nitrogens is 1. The van der Waals surface area contributed by atoms with E-state index < -0.39 is 10.0 Å². The molecule has 1 aromatic heterocycles. The van der Waals surface area contributed by atoms with Gasteiger partial charge in [0, 0.05) is 38.6 Å². The molecular weight excluding hydrogens is 250 g/mol. The number of nitrogens with zero attached hydrogens (tertiary/aromatic N) is 1. The first-order chi connectivity index (χ1) is 8.57. The fourth-order valence-electron chi connectivity index (χ4n) is 1.72. The van der Waals surface area contributed by atoms with Gasteiger partial charge in [-0.05, 0) is 18.1 Å². The fourth-order valence-corrected chi connectivity index (χ4v) is 2.72. The monoisotopic (exact) mass is 273 g/mol. The van der Waals surface area contributed by atoms with Crippen molar-refractivity contribution < 1.29 is 8.42 Å². The normalized spacial score (nSPS) is 11.9. The van der Waals surface area contributed by atoms with Crippen molar-refractivity contribution in [1.82, 2.24) is 14.6 Å². The third kappa shape index (κ3) is 5.66. The number of rotatable bonds is 9. The number of nitrogens with one attached hydrogen (secondary N) is 2. The van der Waals surface area contributed by atoms with Gasteiger partial charge in [0.05, 0.1) is 5.75 Å². The Bertz CT molecular complexity index is 440. The molecule has 1 aromatic rings. The van der Waals surface area contributed by atoms with Crippen LogP contribution in [-0.4, -0.2) is 31.8 Å². The van der Waals surface area contributed by atoms with Gasteiger partial charge in [-0.25, -0.2) is 13.1 Å². The molecule has 0 aromatic carbocycles. The van der Waals surface area contributed by atoms with Crippen LogP contribution in [0.1, 0.15) is 25.8 Å². The Hall–Kier alpha value is -0.850. The van der Waals surface area contributed by atoms with Gasteiger partial charge in [0.25, 0.3) is 0 Å². The van der Waals surface area contributed by atoms with Crippen LogP contribution in [0.2, 0.25) is 0 Å². The minimum Gasteiger partial charge on any atom is -0.354 e. The zero-order chi connectivity index (χ0) is 13.4. The third-order valence-corrected chi connectivity index (χ3v) is 4.00. The lowest BCUT2D eigenvalue weighted by Crippen LogP contribution is -2.31. The summed E-state index contributed by atoms with van der Waals surface area (Å²) in [5.74, 6) is 0.122. The quantitative estimate of drug-likeness (QED) is 0.658. The highest BCUT2D eigenvalue weighted by Gasteiger charge is 2.07. The van der Waals surface area contributed by atoms with E-state index in [1.165, 1.54) is 5.56 Å². The van der Waals surface area contributed by atoms with Gasteiger partial charge in [0.2, 0.25) is 10.0 Å². The van der Waals surface area contributed by atoms with Gasteiger partial charge in [-0.1, -0.05) is 13.8 Å². The molecule has 6 heteroatoms. The largest absolute Gasteiger partial charge is 0.354 e. The molecule has 5 nitrogen and oxygen atoms in total. The van der Waals surface area contributed by atoms with Gasteiger partial charge in [0.15, 0.2) is 0 Å². The number of hydrogen-bond donors (Lipinski definition) is 2. The molecular formula is C12H23N3O2S. The molecule has 0 aliphatic carbocycles. The minimum absolute atomic E-state index is 0.122. The Labute approximate surface area is 110 Å². The van der Waals surface area contributed by atoms with E-state index in [4.69, 9.17) is 0 Å². The van der Waals surface area contributed by atoms with Gasteiger partial charge < -0.3 is 9.88 Å². The summed E-state index contributed by atoms with van der Waals surface area (Å²) in [6, 6.07) is 2.06. The van der Waals surface area contributed by atoms with Gasteiger partial charge in [-0.2, -0.15) is 0 Å². The highest BCUT2D eigenvalue weighted by Crippen LogP contribution is 2.01. The molecule has 0 aliphatic heterocycles. The van der Waals surface area contributed by atoms with E-state index >= 15 is 0 Å². The van der Waals surface area contributed by atoms with Gasteiger partial charge in [0.1, 0.15) is 0 Å². The number of aryl methyl sites for hydroxylation is 1. The van der Waals surface area contributed by atoms with E-state index in [1.807, 2.05) is 0 Å². The van der Waals surface area contributed by atoms with Crippen molar-refractivity contribution in [1.29, 1.82) is 0 Å². The van der Waals surface area contributed by atoms with Gasteiger partial charge in [-0.15, -0.1) is 0 Å². The lowest BCUT2D eigenvalue weighted by Gasteiger charge is -2.05. The van der Waals surface area contributed by atoms with Crippen LogP contribution in [0.3, 0.4) is 0 Å². The molecule has 2 N–H and O–H groups in total. The topological polar surface area (TPSA) is 63.1 Å². The maximum Gasteiger partial charge on any atom is 0.212 e. The van der Waals surface area contributed by atoms with Crippen LogP contribution in [0.4, 0.5) is 0 Å². The first-order valence-corrected chi connectivity index (χ1v) is 8.05. The lowest BCUT2D eigenvalue weighted by molar-refractivity contribution is 0.578. The summed E-state index contributed by atoms with van der Waals surface area (Å²) in [5, 5.41) is 3.14. The fraction of sp³-hybridized carbons (Fsp3) is 0.667. The van der Waals surface area contributed by atoms with Crippen molar-refractivity contribution >= 4 is 10.0 Å². The van der Waals surface area contributed by atoms with E-state index in [2.05, 4.69) is 40.0 Å². The third-order valence-electron chi connectivity index (χ3n) is 2.53. The van der Waals surface area contributed by atoms with E-state index in [0.717, 1.165) is 13.0 Å². The minimum atomic E-state index is -3.11. The zero-order valence-corrected chi connectivity index (χ0v) is 12.0. The summed E-state index contributed by atoms with van der Waals surface area (Å²) in [6.45, 7) is 6.56. The summed E-state index contributed by atoms with van der Waals surface area (Å²) in [6.07, 6.45) is 5.26. The molecule has 0 saturated carbocycles. The maximum absolute atomic E-state index is 11.4. The summed E-state index contributed by atoms with van der Waals surface area (Å²) in [4.78, 5) is 0. The Balaban J connectivity index is 2.25. The summed E-state index contributed by atoms with van der Waals surface area (Å²) in [7, 11) is -3.11. The molecule has 18 heavy (non-hydrogen) atoms. The van der Waals surface area contributed by atoms with Crippen molar-refractivity contribution in [2.45, 2.75) is 33.4 Å². The molecule has 1 heterocycles. The Morgan fingerprint density at radius 1 is 1.33 bits per heavy atom. The van der Waals surface area contributed by atoms with E-state index in [9.17, 15) is 8.42 Å². The zero-order valence-electron chi connectivity index (χ0n) is 11.1. The van der Waals surface area contributed by atoms with Gasteiger partial charge >= 0.3 is 0 Å². The van der Waals surface area contributed by atoms with Crippen molar-refractivity contribution in [3.05, 3.63) is 24.0 Å². The molecule has 0 radical (unpaired) electrons. The van der Waals surface area contributed by atoms with Crippen LogP contribution in [0.25, 0.3) is 0 Å². The van der Waals surface area contributed by atoms with Crippen LogP contribution in [0, 0.1) is 0 Å². The van der Waals surface area contributed by atoms with Crippen molar-refractivity contribution in [3.8, 4) is 0 Å². The SMILES string of the molecule is CCCn1ccc(CNCCS(=O)(=O)NCC)c1. The molecule has 0 saturated heterocycles. The number of hydrogen-bond acceptors (Lipinski definition) is 3. The lowest BCUT2D eigenvalue weighted by atomic mass is 10.3. The molecule has 0 spiro atoms. The van der Waals surface area contributed by atoms with Crippen LogP contribution in [-0.2, 0) is 23.1 Å². The molecule has 0 amide bonds. The molecule has 0 unspecified atom stereocenters. The summed E-state index contributed by atoms with van der Waals surface area (Å²) >= 11 is 0. The molecule has 104 valence electrons. The smallest absolute Gasteiger partial charge is 0.212 e. The highest BCUT2D eigenvalue weighted by molar-refractivity contribution is 7.89. The molecule has 0 aliphatic rings.